The van der Waals surface area contributed by atoms with Crippen LogP contribution in [0.2, 0.25) is 5.02 Å². The van der Waals surface area contributed by atoms with Gasteiger partial charge in [0, 0.05) is 52.6 Å². The summed E-state index contributed by atoms with van der Waals surface area (Å²) in [5.41, 5.74) is 7.84. The number of nitrogens with one attached hydrogen (secondary N) is 1. The van der Waals surface area contributed by atoms with E-state index in [0.29, 0.717) is 46.3 Å². The van der Waals surface area contributed by atoms with E-state index >= 15 is 0 Å². The van der Waals surface area contributed by atoms with E-state index in [9.17, 15) is 9.18 Å². The van der Waals surface area contributed by atoms with Crippen molar-refractivity contribution in [2.75, 3.05) is 25.6 Å². The Hall–Kier alpha value is -3.37. The molecule has 0 aliphatic carbocycles. The van der Waals surface area contributed by atoms with Crippen molar-refractivity contribution in [3.05, 3.63) is 76.1 Å². The third-order valence-electron chi connectivity index (χ3n) is 5.85. The highest BCUT2D eigenvalue weighted by molar-refractivity contribution is 6.33. The van der Waals surface area contributed by atoms with E-state index in [4.69, 9.17) is 26.8 Å². The molecule has 4 heterocycles. The van der Waals surface area contributed by atoms with Gasteiger partial charge in [-0.15, -0.1) is 0 Å². The van der Waals surface area contributed by atoms with E-state index in [-0.39, 0.29) is 23.8 Å². The van der Waals surface area contributed by atoms with E-state index in [0.717, 1.165) is 5.39 Å². The van der Waals surface area contributed by atoms with E-state index in [1.54, 1.807) is 48.1 Å². The molecule has 1 aliphatic heterocycles. The molecule has 10 heteroatoms. The van der Waals surface area contributed by atoms with Crippen molar-refractivity contribution in [3.63, 3.8) is 0 Å². The van der Waals surface area contributed by atoms with Crippen LogP contribution in [0.4, 0.5) is 10.2 Å². The Labute approximate surface area is 205 Å². The summed E-state index contributed by atoms with van der Waals surface area (Å²) in [6.45, 7) is 0.855. The molecule has 0 bridgehead atoms. The van der Waals surface area contributed by atoms with Crippen molar-refractivity contribution in [1.29, 1.82) is 0 Å². The lowest BCUT2D eigenvalue weighted by Crippen LogP contribution is -2.43. The van der Waals surface area contributed by atoms with Crippen molar-refractivity contribution >= 4 is 28.3 Å². The first-order valence-corrected chi connectivity index (χ1v) is 11.4. The highest BCUT2D eigenvalue weighted by atomic mass is 35.5. The molecule has 3 aromatic heterocycles. The average Bonchev–Trinajstić information content (AvgIpc) is 2.87. The molecule has 4 aromatic rings. The van der Waals surface area contributed by atoms with Gasteiger partial charge in [-0.1, -0.05) is 23.7 Å². The lowest BCUT2D eigenvalue weighted by Gasteiger charge is -2.28. The first-order valence-electron chi connectivity index (χ1n) is 11.1. The predicted molar refractivity (Wildman–Crippen MR) is 133 cm³/mol. The number of pyridine rings is 3. The van der Waals surface area contributed by atoms with Crippen LogP contribution >= 0.6 is 11.6 Å². The smallest absolute Gasteiger partial charge is 0.259 e. The van der Waals surface area contributed by atoms with Gasteiger partial charge in [0.05, 0.1) is 31.3 Å². The van der Waals surface area contributed by atoms with Crippen LogP contribution < -0.4 is 16.6 Å². The first-order chi connectivity index (χ1) is 16.9. The molecule has 0 spiro atoms. The highest BCUT2D eigenvalue weighted by Gasteiger charge is 2.23. The maximum absolute atomic E-state index is 14.2. The summed E-state index contributed by atoms with van der Waals surface area (Å²) in [5, 5.41) is 4.03. The van der Waals surface area contributed by atoms with Crippen molar-refractivity contribution in [1.82, 2.24) is 14.5 Å². The van der Waals surface area contributed by atoms with E-state index in [1.165, 1.54) is 18.3 Å². The molecule has 0 saturated carbocycles. The average molecular weight is 496 g/mol. The largest absolute Gasteiger partial charge is 0.373 e. The van der Waals surface area contributed by atoms with E-state index < -0.39 is 12.1 Å². The quantitative estimate of drug-likeness (QED) is 0.435. The number of hydrogen-bond donors (Lipinski definition) is 2. The molecule has 1 saturated heterocycles. The number of anilines is 1. The molecule has 35 heavy (non-hydrogen) atoms. The van der Waals surface area contributed by atoms with Gasteiger partial charge < -0.3 is 25.1 Å². The number of benzene rings is 1. The summed E-state index contributed by atoms with van der Waals surface area (Å²) >= 11 is 6.61. The van der Waals surface area contributed by atoms with Crippen LogP contribution in [0.3, 0.4) is 0 Å². The SMILES string of the molecule is CNc1cc2c(cn1)cc(-c1ccc(-c3ncccc3F)cc1Cl)c(=O)n2CC1OCC(N)CO1. The molecule has 1 aromatic carbocycles. The Bertz CT molecular complexity index is 1450. The Balaban J connectivity index is 1.62. The standard InChI is InChI=1S/C25H23ClFN5O3/c1-29-22-9-21-15(10-31-22)7-18(25(33)32(21)11-23-34-12-16(28)13-35-23)17-5-4-14(8-19(17)26)24-20(27)3-2-6-30-24/h2-10,16,23H,11-13,28H2,1H3,(H,29,31). The normalized spacial score (nSPS) is 18.1. The highest BCUT2D eigenvalue weighted by Crippen LogP contribution is 2.32. The van der Waals surface area contributed by atoms with Crippen LogP contribution in [0, 0.1) is 5.82 Å². The van der Waals surface area contributed by atoms with Crippen molar-refractivity contribution < 1.29 is 13.9 Å². The number of hydrogen-bond acceptors (Lipinski definition) is 7. The number of nitrogens with two attached hydrogens (primary N) is 1. The Morgan fingerprint density at radius 2 is 1.97 bits per heavy atom. The molecule has 3 N–H and O–H groups in total. The molecule has 1 fully saturated rings. The van der Waals surface area contributed by atoms with Gasteiger partial charge in [0.1, 0.15) is 17.3 Å². The fraction of sp³-hybridized carbons (Fsp3) is 0.240. The number of fused-ring (bicyclic) bond motifs is 1. The van der Waals surface area contributed by atoms with Gasteiger partial charge in [-0.25, -0.2) is 9.37 Å². The topological polar surface area (TPSA) is 104 Å². The van der Waals surface area contributed by atoms with Crippen molar-refractivity contribution in [2.45, 2.75) is 18.9 Å². The lowest BCUT2D eigenvalue weighted by molar-refractivity contribution is -0.191. The van der Waals surface area contributed by atoms with Crippen molar-refractivity contribution in [2.24, 2.45) is 5.73 Å². The molecule has 180 valence electrons. The van der Waals surface area contributed by atoms with Crippen LogP contribution in [-0.4, -0.2) is 47.1 Å². The molecule has 0 amide bonds. The number of nitrogens with zero attached hydrogens (tertiary/aromatic N) is 3. The monoisotopic (exact) mass is 495 g/mol. The van der Waals surface area contributed by atoms with Gasteiger partial charge in [0.2, 0.25) is 0 Å². The second-order valence-corrected chi connectivity index (χ2v) is 8.64. The lowest BCUT2D eigenvalue weighted by atomic mass is 10.0. The summed E-state index contributed by atoms with van der Waals surface area (Å²) in [5.74, 6) is 0.161. The van der Waals surface area contributed by atoms with Crippen LogP contribution in [-0.2, 0) is 16.0 Å². The molecular weight excluding hydrogens is 473 g/mol. The molecule has 5 rings (SSSR count). The third kappa shape index (κ3) is 4.63. The molecular formula is C25H23ClFN5O3. The maximum Gasteiger partial charge on any atom is 0.259 e. The fourth-order valence-electron chi connectivity index (χ4n) is 4.07. The van der Waals surface area contributed by atoms with Gasteiger partial charge in [0.15, 0.2) is 6.29 Å². The second-order valence-electron chi connectivity index (χ2n) is 8.24. The molecule has 0 atom stereocenters. The molecule has 1 aliphatic rings. The van der Waals surface area contributed by atoms with Gasteiger partial charge in [-0.05, 0) is 24.3 Å². The van der Waals surface area contributed by atoms with Gasteiger partial charge in [-0.2, -0.15) is 0 Å². The number of aromatic nitrogens is 3. The minimum Gasteiger partial charge on any atom is -0.373 e. The Morgan fingerprint density at radius 3 is 2.69 bits per heavy atom. The van der Waals surface area contributed by atoms with E-state index in [1.807, 2.05) is 0 Å². The summed E-state index contributed by atoms with van der Waals surface area (Å²) < 4.78 is 27.2. The second kappa shape index (κ2) is 9.71. The van der Waals surface area contributed by atoms with Crippen LogP contribution in [0.5, 0.6) is 0 Å². The maximum atomic E-state index is 14.2. The molecule has 8 nitrogen and oxygen atoms in total. The summed E-state index contributed by atoms with van der Waals surface area (Å²) in [6.07, 6.45) is 2.57. The molecule has 0 radical (unpaired) electrons. The minimum atomic E-state index is -0.623. The van der Waals surface area contributed by atoms with Crippen molar-refractivity contribution in [3.8, 4) is 22.4 Å². The zero-order valence-corrected chi connectivity index (χ0v) is 19.6. The summed E-state index contributed by atoms with van der Waals surface area (Å²) in [7, 11) is 1.76. The van der Waals surface area contributed by atoms with Crippen LogP contribution in [0.1, 0.15) is 0 Å². The first kappa shape index (κ1) is 23.4. The molecule has 0 unspecified atom stereocenters. The Kier molecular flexibility index (Phi) is 6.48. The van der Waals surface area contributed by atoms with Gasteiger partial charge >= 0.3 is 0 Å². The van der Waals surface area contributed by atoms with Crippen LogP contribution in [0.15, 0.2) is 59.7 Å². The number of rotatable bonds is 5. The zero-order chi connectivity index (χ0) is 24.5. The number of ether oxygens (including phenoxy) is 2. The third-order valence-corrected chi connectivity index (χ3v) is 6.16. The van der Waals surface area contributed by atoms with Gasteiger partial charge in [-0.3, -0.25) is 9.78 Å². The fourth-order valence-corrected chi connectivity index (χ4v) is 4.36. The summed E-state index contributed by atoms with van der Waals surface area (Å²) in [6, 6.07) is 11.2. The van der Waals surface area contributed by atoms with Crippen LogP contribution in [0.25, 0.3) is 33.3 Å². The summed E-state index contributed by atoms with van der Waals surface area (Å²) in [4.78, 5) is 22.2. The Morgan fingerprint density at radius 1 is 1.17 bits per heavy atom. The van der Waals surface area contributed by atoms with E-state index in [2.05, 4.69) is 15.3 Å². The zero-order valence-electron chi connectivity index (χ0n) is 18.9. The minimum absolute atomic E-state index is 0.165. The predicted octanol–water partition coefficient (Wildman–Crippen LogP) is 3.66. The van der Waals surface area contributed by atoms with Gasteiger partial charge in [0.25, 0.3) is 5.56 Å². The number of halogens is 2.